The van der Waals surface area contributed by atoms with Gasteiger partial charge in [0.15, 0.2) is 0 Å². The molecule has 1 aliphatic carbocycles. The molecule has 0 radical (unpaired) electrons. The van der Waals surface area contributed by atoms with E-state index in [1.165, 1.54) is 0 Å². The minimum absolute atomic E-state index is 0.0617. The van der Waals surface area contributed by atoms with Gasteiger partial charge in [-0.25, -0.2) is 0 Å². The molecule has 1 aliphatic rings. The predicted molar refractivity (Wildman–Crippen MR) is 61.2 cm³/mol. The Labute approximate surface area is 99.9 Å². The van der Waals surface area contributed by atoms with Crippen LogP contribution in [-0.4, -0.2) is 22.1 Å². The Morgan fingerprint density at radius 2 is 2.18 bits per heavy atom. The Morgan fingerprint density at radius 1 is 1.53 bits per heavy atom. The summed E-state index contributed by atoms with van der Waals surface area (Å²) in [5, 5.41) is 6.45. The van der Waals surface area contributed by atoms with Gasteiger partial charge in [0, 0.05) is 6.04 Å². The van der Waals surface area contributed by atoms with E-state index in [1.54, 1.807) is 0 Å². The summed E-state index contributed by atoms with van der Waals surface area (Å²) in [6, 6.07) is -0.0989. The topological polar surface area (TPSA) is 94.0 Å². The first kappa shape index (κ1) is 12.0. The molecule has 0 aliphatic heterocycles. The maximum Gasteiger partial charge on any atom is 0.292 e. The van der Waals surface area contributed by atoms with Gasteiger partial charge in [0.1, 0.15) is 0 Å². The van der Waals surface area contributed by atoms with Crippen LogP contribution in [0.25, 0.3) is 0 Å². The number of carbonyl (C=O) groups excluding carboxylic acids is 1. The number of nitrogens with one attached hydrogen (secondary N) is 1. The standard InChI is InChI=1S/C11H18N4O2/c1-11(2,3)7(12)10-14-8(15-17-10)9(16)13-6-4-5-6/h6-7H,4-5,12H2,1-3H3,(H,13,16). The van der Waals surface area contributed by atoms with E-state index >= 15 is 0 Å². The summed E-state index contributed by atoms with van der Waals surface area (Å²) in [7, 11) is 0. The van der Waals surface area contributed by atoms with Crippen LogP contribution in [0.3, 0.4) is 0 Å². The molecule has 1 amide bonds. The normalized spacial score (nSPS) is 17.9. The van der Waals surface area contributed by atoms with E-state index in [0.717, 1.165) is 12.8 Å². The molecule has 6 nitrogen and oxygen atoms in total. The minimum Gasteiger partial charge on any atom is -0.346 e. The monoisotopic (exact) mass is 238 g/mol. The quantitative estimate of drug-likeness (QED) is 0.819. The Morgan fingerprint density at radius 3 is 2.71 bits per heavy atom. The zero-order valence-electron chi connectivity index (χ0n) is 10.4. The van der Waals surface area contributed by atoms with Gasteiger partial charge in [0.25, 0.3) is 11.7 Å². The molecule has 0 saturated heterocycles. The third kappa shape index (κ3) is 2.82. The van der Waals surface area contributed by atoms with E-state index in [9.17, 15) is 4.79 Å². The Hall–Kier alpha value is -1.43. The summed E-state index contributed by atoms with van der Waals surface area (Å²) in [6.45, 7) is 5.93. The third-order valence-electron chi connectivity index (χ3n) is 2.76. The Bertz CT molecular complexity index is 417. The smallest absolute Gasteiger partial charge is 0.292 e. The highest BCUT2D eigenvalue weighted by Crippen LogP contribution is 2.29. The van der Waals surface area contributed by atoms with Crippen molar-refractivity contribution in [3.8, 4) is 0 Å². The molecule has 1 heterocycles. The van der Waals surface area contributed by atoms with E-state index in [4.69, 9.17) is 10.3 Å². The molecule has 0 bridgehead atoms. The largest absolute Gasteiger partial charge is 0.346 e. The highest BCUT2D eigenvalue weighted by atomic mass is 16.5. The highest BCUT2D eigenvalue weighted by Gasteiger charge is 2.30. The molecule has 1 unspecified atom stereocenters. The van der Waals surface area contributed by atoms with E-state index < -0.39 is 0 Å². The van der Waals surface area contributed by atoms with Crippen molar-refractivity contribution < 1.29 is 9.32 Å². The molecule has 1 saturated carbocycles. The molecule has 17 heavy (non-hydrogen) atoms. The second-order valence-electron chi connectivity index (χ2n) is 5.55. The maximum absolute atomic E-state index is 11.6. The Kier molecular flexibility index (Phi) is 2.91. The average molecular weight is 238 g/mol. The van der Waals surface area contributed by atoms with Crippen molar-refractivity contribution in [2.24, 2.45) is 11.1 Å². The number of nitrogens with two attached hydrogens (primary N) is 1. The van der Waals surface area contributed by atoms with Crippen LogP contribution < -0.4 is 11.1 Å². The number of rotatable bonds is 3. The van der Waals surface area contributed by atoms with Gasteiger partial charge in [-0.15, -0.1) is 0 Å². The summed E-state index contributed by atoms with van der Waals surface area (Å²) >= 11 is 0. The van der Waals surface area contributed by atoms with Gasteiger partial charge in [0.2, 0.25) is 5.89 Å². The number of carbonyl (C=O) groups is 1. The van der Waals surface area contributed by atoms with Gasteiger partial charge in [0.05, 0.1) is 6.04 Å². The lowest BCUT2D eigenvalue weighted by Gasteiger charge is -2.23. The highest BCUT2D eigenvalue weighted by molar-refractivity contribution is 5.90. The van der Waals surface area contributed by atoms with Crippen LogP contribution in [0.1, 0.15) is 56.2 Å². The van der Waals surface area contributed by atoms with Crippen LogP contribution in [0.4, 0.5) is 0 Å². The van der Waals surface area contributed by atoms with Gasteiger partial charge >= 0.3 is 0 Å². The van der Waals surface area contributed by atoms with E-state index in [1.807, 2.05) is 20.8 Å². The van der Waals surface area contributed by atoms with E-state index in [-0.39, 0.29) is 29.2 Å². The molecule has 1 atom stereocenters. The molecule has 1 aromatic rings. The van der Waals surface area contributed by atoms with Gasteiger partial charge in [-0.05, 0) is 18.3 Å². The third-order valence-corrected chi connectivity index (χ3v) is 2.76. The lowest BCUT2D eigenvalue weighted by Crippen LogP contribution is -2.28. The summed E-state index contributed by atoms with van der Waals surface area (Å²) < 4.78 is 5.03. The predicted octanol–water partition coefficient (Wildman–Crippen LogP) is 1.01. The molecule has 1 fully saturated rings. The molecule has 94 valence electrons. The van der Waals surface area contributed by atoms with Crippen LogP contribution in [0, 0.1) is 5.41 Å². The minimum atomic E-state index is -0.377. The number of amides is 1. The van der Waals surface area contributed by atoms with Gasteiger partial charge in [-0.1, -0.05) is 25.9 Å². The molecule has 0 spiro atoms. The van der Waals surface area contributed by atoms with Gasteiger partial charge in [-0.3, -0.25) is 4.79 Å². The second kappa shape index (κ2) is 4.10. The van der Waals surface area contributed by atoms with Gasteiger partial charge < -0.3 is 15.6 Å². The van der Waals surface area contributed by atoms with Crippen LogP contribution in [-0.2, 0) is 0 Å². The number of hydrogen-bond donors (Lipinski definition) is 2. The molecular weight excluding hydrogens is 220 g/mol. The van der Waals surface area contributed by atoms with Crippen molar-refractivity contribution >= 4 is 5.91 Å². The van der Waals surface area contributed by atoms with Crippen molar-refractivity contribution in [2.75, 3.05) is 0 Å². The fourth-order valence-corrected chi connectivity index (χ4v) is 1.30. The fourth-order valence-electron chi connectivity index (χ4n) is 1.30. The zero-order valence-corrected chi connectivity index (χ0v) is 10.4. The first-order valence-electron chi connectivity index (χ1n) is 5.78. The molecule has 0 aromatic carbocycles. The molecule has 1 aromatic heterocycles. The first-order valence-corrected chi connectivity index (χ1v) is 5.78. The van der Waals surface area contributed by atoms with Crippen LogP contribution in [0.5, 0.6) is 0 Å². The SMILES string of the molecule is CC(C)(C)C(N)c1nc(C(=O)NC2CC2)no1. The van der Waals surface area contributed by atoms with Gasteiger partial charge in [-0.2, -0.15) is 4.98 Å². The van der Waals surface area contributed by atoms with E-state index in [2.05, 4.69) is 15.5 Å². The van der Waals surface area contributed by atoms with Crippen molar-refractivity contribution in [1.29, 1.82) is 0 Å². The summed E-state index contributed by atoms with van der Waals surface area (Å²) in [5.41, 5.74) is 5.79. The lowest BCUT2D eigenvalue weighted by molar-refractivity contribution is 0.0937. The number of nitrogens with zero attached hydrogens (tertiary/aromatic N) is 2. The summed E-state index contributed by atoms with van der Waals surface area (Å²) in [4.78, 5) is 15.7. The molecule has 2 rings (SSSR count). The first-order chi connectivity index (χ1) is 7.88. The number of hydrogen-bond acceptors (Lipinski definition) is 5. The zero-order chi connectivity index (χ0) is 12.6. The summed E-state index contributed by atoms with van der Waals surface area (Å²) in [5.74, 6) is 0.0775. The lowest BCUT2D eigenvalue weighted by atomic mass is 9.87. The molecule has 3 N–H and O–H groups in total. The average Bonchev–Trinajstić information content (AvgIpc) is 2.91. The van der Waals surface area contributed by atoms with Crippen LogP contribution in [0.15, 0.2) is 4.52 Å². The number of aromatic nitrogens is 2. The van der Waals surface area contributed by atoms with Crippen molar-refractivity contribution in [3.05, 3.63) is 11.7 Å². The molecular formula is C11H18N4O2. The maximum atomic E-state index is 11.6. The summed E-state index contributed by atoms with van der Waals surface area (Å²) in [6.07, 6.45) is 2.05. The fraction of sp³-hybridized carbons (Fsp3) is 0.727. The Balaban J connectivity index is 2.06. The second-order valence-corrected chi connectivity index (χ2v) is 5.55. The van der Waals surface area contributed by atoms with Crippen LogP contribution in [0.2, 0.25) is 0 Å². The van der Waals surface area contributed by atoms with E-state index in [0.29, 0.717) is 5.89 Å². The van der Waals surface area contributed by atoms with Crippen molar-refractivity contribution in [3.63, 3.8) is 0 Å². The van der Waals surface area contributed by atoms with Crippen LogP contribution >= 0.6 is 0 Å². The van der Waals surface area contributed by atoms with Crippen molar-refractivity contribution in [1.82, 2.24) is 15.5 Å². The molecule has 6 heteroatoms. The van der Waals surface area contributed by atoms with Crippen molar-refractivity contribution in [2.45, 2.75) is 45.7 Å².